The van der Waals surface area contributed by atoms with Gasteiger partial charge in [0.25, 0.3) is 5.91 Å². The average Bonchev–Trinajstić information content (AvgIpc) is 2.80. The minimum atomic E-state index is -0.854. The van der Waals surface area contributed by atoms with E-state index in [1.165, 1.54) is 0 Å². The number of nitrogens with one attached hydrogen (secondary N) is 1. The molecule has 0 radical (unpaired) electrons. The van der Waals surface area contributed by atoms with Gasteiger partial charge in [-0.3, -0.25) is 9.59 Å². The number of carboxylic acids is 1. The Bertz CT molecular complexity index is 521. The zero-order valence-corrected chi connectivity index (χ0v) is 12.4. The van der Waals surface area contributed by atoms with E-state index in [2.05, 4.69) is 21.2 Å². The Morgan fingerprint density at radius 3 is 2.79 bits per heavy atom. The molecule has 2 rings (SSSR count). The largest absolute Gasteiger partial charge is 0.481 e. The van der Waals surface area contributed by atoms with Crippen molar-refractivity contribution in [3.63, 3.8) is 0 Å². The van der Waals surface area contributed by atoms with Crippen LogP contribution in [-0.2, 0) is 4.79 Å². The molecule has 1 amide bonds. The monoisotopic (exact) mass is 345 g/mol. The molecular formula is C13H13BrClNO3. The van der Waals surface area contributed by atoms with Gasteiger partial charge in [0.05, 0.1) is 11.5 Å². The number of rotatable bonds is 3. The van der Waals surface area contributed by atoms with Crippen molar-refractivity contribution >= 4 is 39.4 Å². The summed E-state index contributed by atoms with van der Waals surface area (Å²) in [6.07, 6.45) is 2.12. The van der Waals surface area contributed by atoms with E-state index in [0.29, 0.717) is 27.9 Å². The van der Waals surface area contributed by atoms with Gasteiger partial charge >= 0.3 is 5.97 Å². The summed E-state index contributed by atoms with van der Waals surface area (Å²) in [5.74, 6) is -1.65. The van der Waals surface area contributed by atoms with Crippen LogP contribution in [0.5, 0.6) is 0 Å². The second kappa shape index (κ2) is 5.92. The maximum atomic E-state index is 12.1. The van der Waals surface area contributed by atoms with E-state index in [1.807, 2.05) is 0 Å². The van der Waals surface area contributed by atoms with Crippen molar-refractivity contribution in [2.45, 2.75) is 25.3 Å². The van der Waals surface area contributed by atoms with Crippen molar-refractivity contribution in [2.24, 2.45) is 5.92 Å². The topological polar surface area (TPSA) is 66.4 Å². The Balaban J connectivity index is 2.12. The maximum absolute atomic E-state index is 12.1. The highest BCUT2D eigenvalue weighted by molar-refractivity contribution is 9.10. The molecule has 1 aromatic carbocycles. The summed E-state index contributed by atoms with van der Waals surface area (Å²) in [4.78, 5) is 23.2. The number of benzene rings is 1. The first-order chi connectivity index (χ1) is 8.99. The van der Waals surface area contributed by atoms with Gasteiger partial charge in [-0.15, -0.1) is 0 Å². The molecule has 0 spiro atoms. The van der Waals surface area contributed by atoms with Crippen molar-refractivity contribution in [1.82, 2.24) is 5.32 Å². The third-order valence-electron chi connectivity index (χ3n) is 3.32. The van der Waals surface area contributed by atoms with Gasteiger partial charge < -0.3 is 10.4 Å². The predicted molar refractivity (Wildman–Crippen MR) is 75.4 cm³/mol. The summed E-state index contributed by atoms with van der Waals surface area (Å²) in [7, 11) is 0. The fourth-order valence-corrected chi connectivity index (χ4v) is 2.94. The van der Waals surface area contributed by atoms with Crippen LogP contribution in [0.2, 0.25) is 5.02 Å². The lowest BCUT2D eigenvalue weighted by atomic mass is 10.0. The zero-order chi connectivity index (χ0) is 14.0. The average molecular weight is 347 g/mol. The zero-order valence-electron chi connectivity index (χ0n) is 10.0. The van der Waals surface area contributed by atoms with Crippen molar-refractivity contribution in [3.8, 4) is 0 Å². The van der Waals surface area contributed by atoms with Crippen LogP contribution in [0.3, 0.4) is 0 Å². The highest BCUT2D eigenvalue weighted by atomic mass is 79.9. The lowest BCUT2D eigenvalue weighted by Gasteiger charge is -2.18. The predicted octanol–water partition coefficient (Wildman–Crippen LogP) is 3.09. The third-order valence-corrected chi connectivity index (χ3v) is 4.25. The minimum Gasteiger partial charge on any atom is -0.481 e. The van der Waals surface area contributed by atoms with E-state index in [0.717, 1.165) is 6.42 Å². The van der Waals surface area contributed by atoms with Gasteiger partial charge in [-0.25, -0.2) is 0 Å². The summed E-state index contributed by atoms with van der Waals surface area (Å²) >= 11 is 9.15. The molecule has 0 heterocycles. The first-order valence-electron chi connectivity index (χ1n) is 5.98. The number of carboxylic acid groups (broad SMARTS) is 1. The van der Waals surface area contributed by atoms with Crippen molar-refractivity contribution < 1.29 is 14.7 Å². The molecule has 4 nitrogen and oxygen atoms in total. The van der Waals surface area contributed by atoms with Crippen LogP contribution in [0, 0.1) is 5.92 Å². The number of carbonyl (C=O) groups excluding carboxylic acids is 1. The number of hydrogen-bond donors (Lipinski definition) is 2. The highest BCUT2D eigenvalue weighted by Gasteiger charge is 2.34. The smallest absolute Gasteiger partial charge is 0.308 e. The second-order valence-corrected chi connectivity index (χ2v) is 5.87. The quantitative estimate of drug-likeness (QED) is 0.884. The Morgan fingerprint density at radius 2 is 2.11 bits per heavy atom. The molecule has 1 aromatic rings. The van der Waals surface area contributed by atoms with Crippen LogP contribution in [0.4, 0.5) is 0 Å². The molecule has 1 aliphatic rings. The summed E-state index contributed by atoms with van der Waals surface area (Å²) in [5, 5.41) is 12.3. The number of amides is 1. The Kier molecular flexibility index (Phi) is 4.47. The molecule has 19 heavy (non-hydrogen) atoms. The highest BCUT2D eigenvalue weighted by Crippen LogP contribution is 2.27. The molecule has 1 fully saturated rings. The molecule has 0 unspecified atom stereocenters. The normalized spacial score (nSPS) is 22.2. The SMILES string of the molecule is O=C(N[C@H]1CCC[C@H]1C(=O)O)c1cc(Cl)ccc1Br. The summed E-state index contributed by atoms with van der Waals surface area (Å²) in [5.41, 5.74) is 0.420. The van der Waals surface area contributed by atoms with Gasteiger partial charge in [0, 0.05) is 15.5 Å². The van der Waals surface area contributed by atoms with Gasteiger partial charge in [0.2, 0.25) is 0 Å². The maximum Gasteiger partial charge on any atom is 0.308 e. The summed E-state index contributed by atoms with van der Waals surface area (Å²) in [6.45, 7) is 0. The van der Waals surface area contributed by atoms with Gasteiger partial charge in [0.15, 0.2) is 0 Å². The summed E-state index contributed by atoms with van der Waals surface area (Å²) < 4.78 is 0.638. The van der Waals surface area contributed by atoms with Gasteiger partial charge in [-0.2, -0.15) is 0 Å². The van der Waals surface area contributed by atoms with Gasteiger partial charge in [-0.05, 0) is 47.0 Å². The van der Waals surface area contributed by atoms with E-state index in [1.54, 1.807) is 18.2 Å². The molecule has 0 aliphatic heterocycles. The summed E-state index contributed by atoms with van der Waals surface area (Å²) in [6, 6.07) is 4.63. The molecular weight excluding hydrogens is 334 g/mol. The first-order valence-corrected chi connectivity index (χ1v) is 7.15. The molecule has 2 atom stereocenters. The molecule has 0 aromatic heterocycles. The van der Waals surface area contributed by atoms with Crippen LogP contribution in [-0.4, -0.2) is 23.0 Å². The lowest BCUT2D eigenvalue weighted by molar-refractivity contribution is -0.142. The third kappa shape index (κ3) is 3.28. The van der Waals surface area contributed by atoms with Crippen molar-refractivity contribution in [3.05, 3.63) is 33.3 Å². The minimum absolute atomic E-state index is 0.299. The van der Waals surface area contributed by atoms with E-state index in [9.17, 15) is 9.59 Å². The van der Waals surface area contributed by atoms with Crippen LogP contribution in [0.25, 0.3) is 0 Å². The fraction of sp³-hybridized carbons (Fsp3) is 0.385. The molecule has 1 aliphatic carbocycles. The molecule has 102 valence electrons. The Labute approximate surface area is 124 Å². The molecule has 1 saturated carbocycles. The Morgan fingerprint density at radius 1 is 1.37 bits per heavy atom. The lowest BCUT2D eigenvalue weighted by Crippen LogP contribution is -2.40. The first kappa shape index (κ1) is 14.3. The van der Waals surface area contributed by atoms with E-state index >= 15 is 0 Å². The molecule has 2 N–H and O–H groups in total. The molecule has 6 heteroatoms. The number of hydrogen-bond acceptors (Lipinski definition) is 2. The van der Waals surface area contributed by atoms with Gasteiger partial charge in [-0.1, -0.05) is 18.0 Å². The van der Waals surface area contributed by atoms with Crippen LogP contribution in [0.1, 0.15) is 29.6 Å². The van der Waals surface area contributed by atoms with Gasteiger partial charge in [0.1, 0.15) is 0 Å². The second-order valence-electron chi connectivity index (χ2n) is 4.58. The van der Waals surface area contributed by atoms with Crippen LogP contribution < -0.4 is 5.32 Å². The number of carbonyl (C=O) groups is 2. The van der Waals surface area contributed by atoms with Crippen LogP contribution in [0.15, 0.2) is 22.7 Å². The fourth-order valence-electron chi connectivity index (χ4n) is 2.35. The van der Waals surface area contributed by atoms with E-state index < -0.39 is 11.9 Å². The molecule has 0 saturated heterocycles. The van der Waals surface area contributed by atoms with E-state index in [4.69, 9.17) is 16.7 Å². The number of halogens is 2. The van der Waals surface area contributed by atoms with E-state index in [-0.39, 0.29) is 11.9 Å². The molecule has 0 bridgehead atoms. The van der Waals surface area contributed by atoms with Crippen LogP contribution >= 0.6 is 27.5 Å². The Hall–Kier alpha value is -1.07. The van der Waals surface area contributed by atoms with Crippen molar-refractivity contribution in [2.75, 3.05) is 0 Å². The van der Waals surface area contributed by atoms with Crippen molar-refractivity contribution in [1.29, 1.82) is 0 Å². The number of aliphatic carboxylic acids is 1. The standard InChI is InChI=1S/C13H13BrClNO3/c14-10-5-4-7(15)6-9(10)12(17)16-11-3-1-2-8(11)13(18)19/h4-6,8,11H,1-3H2,(H,16,17)(H,18,19)/t8-,11+/m1/s1.